The van der Waals surface area contributed by atoms with Gasteiger partial charge in [0.2, 0.25) is 0 Å². The molecule has 0 aliphatic carbocycles. The molecule has 105 heavy (non-hydrogen) atoms. The molecule has 0 fully saturated rings. The summed E-state index contributed by atoms with van der Waals surface area (Å²) in [5, 5.41) is 9.77. The molecule has 0 aromatic heterocycles. The zero-order valence-corrected chi connectivity index (χ0v) is 66.2. The molecule has 0 aliphatic heterocycles. The van der Waals surface area contributed by atoms with Gasteiger partial charge < -0.3 is 28.5 Å². The maximum Gasteiger partial charge on any atom is 0.361 e. The van der Waals surface area contributed by atoms with Crippen LogP contribution in [-0.4, -0.2) is 87.4 Å². The second-order valence-electron chi connectivity index (χ2n) is 26.6. The molecule has 0 spiro atoms. The lowest BCUT2D eigenvalue weighted by molar-refractivity contribution is -0.870. The van der Waals surface area contributed by atoms with Gasteiger partial charge in [0.1, 0.15) is 13.2 Å². The summed E-state index contributed by atoms with van der Waals surface area (Å²) in [6.45, 7) is 4.54. The largest absolute Gasteiger partial charge is 0.477 e. The first-order valence-corrected chi connectivity index (χ1v) is 40.1. The number of esters is 2. The van der Waals surface area contributed by atoms with Crippen LogP contribution in [0.15, 0.2) is 279 Å². The maximum absolute atomic E-state index is 13.0. The van der Waals surface area contributed by atoms with Gasteiger partial charge in [0.05, 0.1) is 34.4 Å². The Morgan fingerprint density at radius 2 is 0.514 bits per heavy atom. The SMILES string of the molecule is CC/C=C\C/C=C\C/C=C\C/C=C\C/C=C\C/C=C\C/C=C\C/C=C\C/C=C\C/C=C\C/C=C\C/C=C\CCCCC(=O)OC(COC(=O)CCCCCCCCC/C=C\C/C=C\C/C=C\C/C=C\C/C=C\C/C=C\C/C=C\C/C=C\C/C=C\C/C=C\C/C=C\CC)COC(OCC[N+](C)(C)C)C(=O)O. The van der Waals surface area contributed by atoms with Crippen LogP contribution in [0.2, 0.25) is 0 Å². The Kier molecular flexibility index (Phi) is 76.0. The number of quaternary nitrogens is 1. The fraction of sp³-hybridized carbons (Fsp3) is 0.490. The number of carbonyl (C=O) groups is 3. The van der Waals surface area contributed by atoms with Crippen LogP contribution in [0.25, 0.3) is 0 Å². The van der Waals surface area contributed by atoms with Crippen molar-refractivity contribution in [3.05, 3.63) is 279 Å². The highest BCUT2D eigenvalue weighted by molar-refractivity contribution is 5.71. The van der Waals surface area contributed by atoms with Crippen molar-refractivity contribution >= 4 is 17.9 Å². The number of allylic oxidation sites excluding steroid dienone is 46. The van der Waals surface area contributed by atoms with E-state index in [-0.39, 0.29) is 38.6 Å². The standard InChI is InChI=1S/C96H143NO8/c1-6-8-10-12-14-16-18-20-22-24-26-28-30-32-34-36-38-40-42-44-46-47-49-50-52-54-56-58-60-62-64-66-68-70-72-74-76-78-80-82-84-86-93(98)103-90-92(91-104-96(95(100)101)102-89-88-97(3,4)5)105-94(99)87-85-83-81-79-77-75-73-71-69-67-65-63-61-59-57-55-53-51-48-45-43-41-39-37-35-33-31-29-27-25-23-21-19-17-15-13-11-9-7-2/h8-11,14-17,20-23,26-29,32-35,38-41,44-46,48-50,53-56,59-62,65-68,71,73,77,79,92,96H,6-7,12-13,18-19,24-25,30-31,36-37,42-43,47,51-52,57-58,63-64,69-70,72,74-76,78,80-91H2,1-5H3/p+1/b10-8-,11-9-,16-14-,17-15-,22-20-,23-21-,28-26-,29-27-,34-32-,35-33-,40-38-,41-39-,46-44-,48-45-,50-49-,55-53-,56-54-,61-59-,62-60-,67-65-,68-66-,73-71-,79-77-. The monoisotopic (exact) mass is 1440 g/mol. The van der Waals surface area contributed by atoms with Crippen molar-refractivity contribution < 1.29 is 42.9 Å². The van der Waals surface area contributed by atoms with E-state index in [4.69, 9.17) is 18.9 Å². The van der Waals surface area contributed by atoms with Crippen LogP contribution in [0.3, 0.4) is 0 Å². The smallest absolute Gasteiger partial charge is 0.361 e. The second-order valence-corrected chi connectivity index (χ2v) is 26.6. The molecule has 580 valence electrons. The van der Waals surface area contributed by atoms with Gasteiger partial charge >= 0.3 is 17.9 Å². The molecule has 0 amide bonds. The van der Waals surface area contributed by atoms with Crippen molar-refractivity contribution in [1.82, 2.24) is 0 Å². The lowest BCUT2D eigenvalue weighted by Crippen LogP contribution is -2.40. The third-order valence-corrected chi connectivity index (χ3v) is 15.7. The molecule has 0 saturated carbocycles. The molecule has 9 heteroatoms. The van der Waals surface area contributed by atoms with E-state index in [1.165, 1.54) is 19.3 Å². The van der Waals surface area contributed by atoms with Gasteiger partial charge in [-0.15, -0.1) is 0 Å². The minimum Gasteiger partial charge on any atom is -0.477 e. The fourth-order valence-electron chi connectivity index (χ4n) is 9.65. The van der Waals surface area contributed by atoms with Crippen LogP contribution in [-0.2, 0) is 33.3 Å². The zero-order valence-electron chi connectivity index (χ0n) is 66.2. The van der Waals surface area contributed by atoms with E-state index >= 15 is 0 Å². The first-order chi connectivity index (χ1) is 51.6. The van der Waals surface area contributed by atoms with Crippen LogP contribution >= 0.6 is 0 Å². The van der Waals surface area contributed by atoms with E-state index < -0.39 is 24.3 Å². The average Bonchev–Trinajstić information content (AvgIpc) is 1.97. The van der Waals surface area contributed by atoms with Gasteiger partial charge in [-0.1, -0.05) is 325 Å². The number of unbranched alkanes of at least 4 members (excludes halogenated alkanes) is 9. The van der Waals surface area contributed by atoms with Crippen LogP contribution in [0.4, 0.5) is 0 Å². The highest BCUT2D eigenvalue weighted by Gasteiger charge is 2.25. The predicted molar refractivity (Wildman–Crippen MR) is 455 cm³/mol. The lowest BCUT2D eigenvalue weighted by Gasteiger charge is -2.25. The molecule has 0 rings (SSSR count). The molecular formula is C96H144NO8+. The van der Waals surface area contributed by atoms with E-state index in [1.807, 2.05) is 21.1 Å². The van der Waals surface area contributed by atoms with E-state index in [1.54, 1.807) is 0 Å². The number of carbonyl (C=O) groups excluding carboxylic acids is 2. The van der Waals surface area contributed by atoms with E-state index in [9.17, 15) is 19.5 Å². The highest BCUT2D eigenvalue weighted by atomic mass is 16.7. The molecule has 0 heterocycles. The number of carboxylic acid groups (broad SMARTS) is 1. The van der Waals surface area contributed by atoms with Gasteiger partial charge in [0.15, 0.2) is 6.10 Å². The van der Waals surface area contributed by atoms with Gasteiger partial charge in [0, 0.05) is 12.8 Å². The number of ether oxygens (including phenoxy) is 4. The molecule has 0 radical (unpaired) electrons. The molecule has 0 saturated heterocycles. The Morgan fingerprint density at radius 3 is 0.781 bits per heavy atom. The summed E-state index contributed by atoms with van der Waals surface area (Å²) in [7, 11) is 5.94. The molecule has 9 nitrogen and oxygen atoms in total. The summed E-state index contributed by atoms with van der Waals surface area (Å²) in [6, 6.07) is 0. The quantitative estimate of drug-likeness (QED) is 0.0211. The number of hydrogen-bond donors (Lipinski definition) is 1. The average molecular weight is 1440 g/mol. The summed E-state index contributed by atoms with van der Waals surface area (Å²) >= 11 is 0. The Bertz CT molecular complexity index is 2790. The summed E-state index contributed by atoms with van der Waals surface area (Å²) in [6.07, 6.45) is 133. The van der Waals surface area contributed by atoms with Crippen LogP contribution < -0.4 is 0 Å². The summed E-state index contributed by atoms with van der Waals surface area (Å²) in [5.74, 6) is -2.12. The van der Waals surface area contributed by atoms with Gasteiger partial charge in [-0.25, -0.2) is 4.79 Å². The molecule has 0 aromatic carbocycles. The maximum atomic E-state index is 13.0. The van der Waals surface area contributed by atoms with Crippen molar-refractivity contribution in [3.8, 4) is 0 Å². The van der Waals surface area contributed by atoms with Crippen molar-refractivity contribution in [1.29, 1.82) is 0 Å². The molecule has 1 N–H and O–H groups in total. The number of likely N-dealkylation sites (N-methyl/N-ethyl adjacent to an activating group) is 1. The van der Waals surface area contributed by atoms with Gasteiger partial charge in [-0.2, -0.15) is 0 Å². The summed E-state index contributed by atoms with van der Waals surface area (Å²) in [5.41, 5.74) is 0. The topological polar surface area (TPSA) is 108 Å². The molecule has 0 aliphatic rings. The van der Waals surface area contributed by atoms with Crippen molar-refractivity contribution in [2.45, 2.75) is 257 Å². The van der Waals surface area contributed by atoms with Crippen LogP contribution in [0.5, 0.6) is 0 Å². The first kappa shape index (κ1) is 97.3. The van der Waals surface area contributed by atoms with Gasteiger partial charge in [-0.05, 0) is 186 Å². The summed E-state index contributed by atoms with van der Waals surface area (Å²) in [4.78, 5) is 37.7. The minimum absolute atomic E-state index is 0.161. The zero-order chi connectivity index (χ0) is 76.0. The third-order valence-electron chi connectivity index (χ3n) is 15.7. The van der Waals surface area contributed by atoms with E-state index in [0.29, 0.717) is 23.9 Å². The minimum atomic E-state index is -1.55. The van der Waals surface area contributed by atoms with E-state index in [0.717, 1.165) is 186 Å². The van der Waals surface area contributed by atoms with Crippen molar-refractivity contribution in [2.75, 3.05) is 47.5 Å². The van der Waals surface area contributed by atoms with Crippen LogP contribution in [0.1, 0.15) is 245 Å². The number of carboxylic acids is 1. The van der Waals surface area contributed by atoms with Crippen molar-refractivity contribution in [2.24, 2.45) is 0 Å². The Labute approximate surface area is 641 Å². The fourth-order valence-corrected chi connectivity index (χ4v) is 9.65. The van der Waals surface area contributed by atoms with Crippen LogP contribution in [0, 0.1) is 0 Å². The number of rotatable bonds is 70. The Hall–Kier alpha value is -7.69. The number of nitrogens with zero attached hydrogens (tertiary/aromatic N) is 1. The first-order valence-electron chi connectivity index (χ1n) is 40.1. The third kappa shape index (κ3) is 83.5. The molecular weight excluding hydrogens is 1300 g/mol. The van der Waals surface area contributed by atoms with Gasteiger partial charge in [0.25, 0.3) is 6.29 Å². The Morgan fingerprint density at radius 1 is 0.286 bits per heavy atom. The molecule has 2 unspecified atom stereocenters. The van der Waals surface area contributed by atoms with Crippen molar-refractivity contribution in [3.63, 3.8) is 0 Å². The second kappa shape index (κ2) is 82.0. The molecule has 0 bridgehead atoms. The molecule has 2 atom stereocenters. The number of aliphatic carboxylic acids is 1. The number of hydrogen-bond acceptors (Lipinski definition) is 7. The highest BCUT2D eigenvalue weighted by Crippen LogP contribution is 2.13. The molecule has 0 aromatic rings. The predicted octanol–water partition coefficient (Wildman–Crippen LogP) is 26.5. The van der Waals surface area contributed by atoms with E-state index in [2.05, 4.69) is 293 Å². The van der Waals surface area contributed by atoms with Gasteiger partial charge in [-0.3, -0.25) is 9.59 Å². The lowest BCUT2D eigenvalue weighted by atomic mass is 10.1. The normalized spacial score (nSPS) is 14.2. The Balaban J connectivity index is 4.28. The summed E-state index contributed by atoms with van der Waals surface area (Å²) < 4.78 is 22.9.